The van der Waals surface area contributed by atoms with Gasteiger partial charge in [0, 0.05) is 16.8 Å². The summed E-state index contributed by atoms with van der Waals surface area (Å²) < 4.78 is 0. The predicted octanol–water partition coefficient (Wildman–Crippen LogP) is 3.04. The van der Waals surface area contributed by atoms with Crippen molar-refractivity contribution in [2.75, 3.05) is 5.32 Å². The molecule has 20 heavy (non-hydrogen) atoms. The first-order valence-corrected chi connectivity index (χ1v) is 7.28. The number of benzene rings is 1. The third-order valence-electron chi connectivity index (χ3n) is 3.52. The van der Waals surface area contributed by atoms with Crippen molar-refractivity contribution in [3.05, 3.63) is 28.8 Å². The Morgan fingerprint density at radius 2 is 1.95 bits per heavy atom. The van der Waals surface area contributed by atoms with E-state index in [-0.39, 0.29) is 24.3 Å². The molecule has 0 bridgehead atoms. The Hall–Kier alpha value is -1.55. The summed E-state index contributed by atoms with van der Waals surface area (Å²) >= 11 is 5.89. The molecule has 0 heterocycles. The highest BCUT2D eigenvalue weighted by Gasteiger charge is 2.18. The lowest BCUT2D eigenvalue weighted by Gasteiger charge is -2.12. The van der Waals surface area contributed by atoms with E-state index in [9.17, 15) is 9.59 Å². The number of carbonyl (C=O) groups is 2. The Labute approximate surface area is 123 Å². The van der Waals surface area contributed by atoms with Crippen molar-refractivity contribution in [2.45, 2.75) is 45.1 Å². The molecule has 1 aliphatic rings. The summed E-state index contributed by atoms with van der Waals surface area (Å²) in [6, 6.07) is 5.52. The SMILES string of the molecule is Cc1ccc(Cl)cc1NC(=O)CC(=O)NC1CCCC1. The van der Waals surface area contributed by atoms with Gasteiger partial charge in [0.05, 0.1) is 0 Å². The predicted molar refractivity (Wildman–Crippen MR) is 79.8 cm³/mol. The molecule has 1 aliphatic carbocycles. The van der Waals surface area contributed by atoms with E-state index in [0.29, 0.717) is 10.7 Å². The summed E-state index contributed by atoms with van der Waals surface area (Å²) in [5.41, 5.74) is 1.56. The van der Waals surface area contributed by atoms with Crippen molar-refractivity contribution in [1.82, 2.24) is 5.32 Å². The first-order chi connectivity index (χ1) is 9.54. The van der Waals surface area contributed by atoms with Crippen molar-refractivity contribution >= 4 is 29.1 Å². The lowest BCUT2D eigenvalue weighted by molar-refractivity contribution is -0.127. The third-order valence-corrected chi connectivity index (χ3v) is 3.75. The van der Waals surface area contributed by atoms with Crippen LogP contribution in [0.3, 0.4) is 0 Å². The van der Waals surface area contributed by atoms with Crippen LogP contribution in [0.4, 0.5) is 5.69 Å². The van der Waals surface area contributed by atoms with Gasteiger partial charge in [-0.05, 0) is 37.5 Å². The number of hydrogen-bond acceptors (Lipinski definition) is 2. The fourth-order valence-electron chi connectivity index (χ4n) is 2.42. The zero-order chi connectivity index (χ0) is 14.5. The molecule has 0 radical (unpaired) electrons. The molecule has 0 aromatic heterocycles. The molecule has 0 unspecified atom stereocenters. The summed E-state index contributed by atoms with van der Waals surface area (Å²) in [6.45, 7) is 1.88. The number of carbonyl (C=O) groups excluding carboxylic acids is 2. The van der Waals surface area contributed by atoms with E-state index < -0.39 is 0 Å². The Kier molecular flexibility index (Phi) is 5.01. The van der Waals surface area contributed by atoms with Crippen LogP contribution in [-0.2, 0) is 9.59 Å². The smallest absolute Gasteiger partial charge is 0.233 e. The van der Waals surface area contributed by atoms with E-state index in [1.54, 1.807) is 12.1 Å². The average molecular weight is 295 g/mol. The van der Waals surface area contributed by atoms with Gasteiger partial charge in [0.15, 0.2) is 0 Å². The first kappa shape index (κ1) is 14.9. The molecule has 0 aliphatic heterocycles. The van der Waals surface area contributed by atoms with Gasteiger partial charge < -0.3 is 10.6 Å². The topological polar surface area (TPSA) is 58.2 Å². The number of amides is 2. The van der Waals surface area contributed by atoms with Gasteiger partial charge in [0.2, 0.25) is 11.8 Å². The summed E-state index contributed by atoms with van der Waals surface area (Å²) in [4.78, 5) is 23.6. The number of anilines is 1. The molecular weight excluding hydrogens is 276 g/mol. The van der Waals surface area contributed by atoms with Gasteiger partial charge in [-0.3, -0.25) is 9.59 Å². The minimum Gasteiger partial charge on any atom is -0.353 e. The van der Waals surface area contributed by atoms with Crippen LogP contribution in [0.1, 0.15) is 37.7 Å². The number of nitrogens with one attached hydrogen (secondary N) is 2. The molecule has 1 aromatic carbocycles. The second-order valence-corrected chi connectivity index (χ2v) is 5.67. The van der Waals surface area contributed by atoms with E-state index in [1.807, 2.05) is 13.0 Å². The average Bonchev–Trinajstić information content (AvgIpc) is 2.86. The number of hydrogen-bond donors (Lipinski definition) is 2. The second-order valence-electron chi connectivity index (χ2n) is 5.23. The Balaban J connectivity index is 1.85. The molecule has 1 aromatic rings. The number of rotatable bonds is 4. The van der Waals surface area contributed by atoms with Crippen LogP contribution in [0.15, 0.2) is 18.2 Å². The standard InChI is InChI=1S/C15H19ClN2O2/c1-10-6-7-11(16)8-13(10)18-15(20)9-14(19)17-12-4-2-3-5-12/h6-8,12H,2-5,9H2,1H3,(H,17,19)(H,18,20). The van der Waals surface area contributed by atoms with Crippen LogP contribution in [0.2, 0.25) is 5.02 Å². The monoisotopic (exact) mass is 294 g/mol. The van der Waals surface area contributed by atoms with E-state index in [1.165, 1.54) is 0 Å². The van der Waals surface area contributed by atoms with Crippen molar-refractivity contribution in [1.29, 1.82) is 0 Å². The van der Waals surface area contributed by atoms with Crippen LogP contribution < -0.4 is 10.6 Å². The summed E-state index contributed by atoms with van der Waals surface area (Å²) in [5, 5.41) is 6.18. The molecule has 0 saturated heterocycles. The molecule has 108 valence electrons. The van der Waals surface area contributed by atoms with Crippen molar-refractivity contribution in [3.8, 4) is 0 Å². The van der Waals surface area contributed by atoms with Crippen LogP contribution in [0.5, 0.6) is 0 Å². The maximum absolute atomic E-state index is 11.8. The van der Waals surface area contributed by atoms with E-state index in [0.717, 1.165) is 31.2 Å². The zero-order valence-electron chi connectivity index (χ0n) is 11.5. The first-order valence-electron chi connectivity index (χ1n) is 6.90. The van der Waals surface area contributed by atoms with Crippen LogP contribution in [-0.4, -0.2) is 17.9 Å². The summed E-state index contributed by atoms with van der Waals surface area (Å²) in [6.07, 6.45) is 4.18. The number of halogens is 1. The van der Waals surface area contributed by atoms with E-state index >= 15 is 0 Å². The minimum atomic E-state index is -0.314. The van der Waals surface area contributed by atoms with Crippen molar-refractivity contribution in [2.24, 2.45) is 0 Å². The largest absolute Gasteiger partial charge is 0.353 e. The lowest BCUT2D eigenvalue weighted by Crippen LogP contribution is -2.35. The maximum Gasteiger partial charge on any atom is 0.233 e. The third kappa shape index (κ3) is 4.23. The molecule has 5 heteroatoms. The molecule has 2 N–H and O–H groups in total. The zero-order valence-corrected chi connectivity index (χ0v) is 12.3. The normalized spacial score (nSPS) is 15.1. The van der Waals surface area contributed by atoms with Crippen molar-refractivity contribution < 1.29 is 9.59 Å². The fraction of sp³-hybridized carbons (Fsp3) is 0.467. The van der Waals surface area contributed by atoms with Gasteiger partial charge in [-0.15, -0.1) is 0 Å². The highest BCUT2D eigenvalue weighted by atomic mass is 35.5. The lowest BCUT2D eigenvalue weighted by atomic mass is 10.2. The minimum absolute atomic E-state index is 0.150. The van der Waals surface area contributed by atoms with Gasteiger partial charge in [0.1, 0.15) is 6.42 Å². The van der Waals surface area contributed by atoms with E-state index in [2.05, 4.69) is 10.6 Å². The highest BCUT2D eigenvalue weighted by molar-refractivity contribution is 6.31. The molecule has 2 amide bonds. The highest BCUT2D eigenvalue weighted by Crippen LogP contribution is 2.20. The van der Waals surface area contributed by atoms with E-state index in [4.69, 9.17) is 11.6 Å². The maximum atomic E-state index is 11.8. The Morgan fingerprint density at radius 3 is 2.65 bits per heavy atom. The van der Waals surface area contributed by atoms with Crippen LogP contribution in [0, 0.1) is 6.92 Å². The van der Waals surface area contributed by atoms with Crippen LogP contribution in [0.25, 0.3) is 0 Å². The quantitative estimate of drug-likeness (QED) is 0.839. The molecule has 0 atom stereocenters. The van der Waals surface area contributed by atoms with Gasteiger partial charge >= 0.3 is 0 Å². The van der Waals surface area contributed by atoms with Gasteiger partial charge in [-0.2, -0.15) is 0 Å². The van der Waals surface area contributed by atoms with Crippen molar-refractivity contribution in [3.63, 3.8) is 0 Å². The van der Waals surface area contributed by atoms with Crippen LogP contribution >= 0.6 is 11.6 Å². The molecule has 1 fully saturated rings. The molecule has 1 saturated carbocycles. The van der Waals surface area contributed by atoms with Gasteiger partial charge in [0.25, 0.3) is 0 Å². The van der Waals surface area contributed by atoms with Gasteiger partial charge in [-0.1, -0.05) is 30.5 Å². The molecule has 4 nitrogen and oxygen atoms in total. The van der Waals surface area contributed by atoms with Gasteiger partial charge in [-0.25, -0.2) is 0 Å². The summed E-state index contributed by atoms with van der Waals surface area (Å²) in [7, 11) is 0. The summed E-state index contributed by atoms with van der Waals surface area (Å²) in [5.74, 6) is -0.528. The molecule has 0 spiro atoms. The number of aryl methyl sites for hydroxylation is 1. The Morgan fingerprint density at radius 1 is 1.25 bits per heavy atom. The second kappa shape index (κ2) is 6.75. The molecular formula is C15H19ClN2O2. The Bertz CT molecular complexity index is 511. The fourth-order valence-corrected chi connectivity index (χ4v) is 2.59. The molecule has 2 rings (SSSR count).